The van der Waals surface area contributed by atoms with Crippen LogP contribution in [0.15, 0.2) is 59.7 Å². The van der Waals surface area contributed by atoms with Crippen LogP contribution < -0.4 is 38.5 Å². The van der Waals surface area contributed by atoms with Crippen LogP contribution in [0.5, 0.6) is 5.75 Å². The number of primary amides is 1. The number of para-hydroxylation sites is 1. The normalized spacial score (nSPS) is 21.6. The molecule has 1 aliphatic heterocycles. The van der Waals surface area contributed by atoms with Gasteiger partial charge in [-0.3, -0.25) is 29.0 Å². The number of hydrogen-bond donors (Lipinski definition) is 14. The highest BCUT2D eigenvalue weighted by atomic mass is 16.5. The maximum atomic E-state index is 14.2. The van der Waals surface area contributed by atoms with Crippen molar-refractivity contribution in [3.8, 4) is 5.75 Å². The van der Waals surface area contributed by atoms with Gasteiger partial charge in [0.05, 0.1) is 25.2 Å². The Balaban J connectivity index is 1.57. The molecule has 322 valence electrons. The summed E-state index contributed by atoms with van der Waals surface area (Å²) in [6, 6.07) is 7.35. The van der Waals surface area contributed by atoms with Crippen LogP contribution in [0.4, 0.5) is 0 Å². The Morgan fingerprint density at radius 1 is 0.814 bits per heavy atom. The van der Waals surface area contributed by atoms with Crippen molar-refractivity contribution >= 4 is 46.4 Å². The number of carbonyl (C=O) groups excluding carboxylic acids is 5. The molecule has 0 spiro atoms. The molecule has 21 nitrogen and oxygen atoms in total. The number of amides is 5. The fraction of sp³-hybridized carbons (Fsp3) is 0.474. The number of benzene rings is 2. The van der Waals surface area contributed by atoms with Gasteiger partial charge in [-0.2, -0.15) is 0 Å². The molecule has 0 bridgehead atoms. The summed E-state index contributed by atoms with van der Waals surface area (Å²) < 4.78 is 5.39. The van der Waals surface area contributed by atoms with Crippen molar-refractivity contribution < 1.29 is 59.3 Å². The first-order valence-electron chi connectivity index (χ1n) is 18.9. The number of rotatable bonds is 20. The van der Waals surface area contributed by atoms with E-state index in [1.54, 1.807) is 42.6 Å². The third-order valence-corrected chi connectivity index (χ3v) is 9.81. The third kappa shape index (κ3) is 12.8. The standard InChI is InChI=1S/C38H53N9O12/c1-18(49)30(47-29(51)15-27-31(52)33(54)32(53)28(17-48)59-27)37(58)46-26(14-20-16-43-23-6-3-2-5-22(20)23)36(57)44-24(7-4-12-42-38(40)41)35(56)45-25(34(39)55)13-19-8-10-21(50)11-9-19/h2-3,5-6,8-11,16,18,24-28,30-33,43,48-50,52-54H,4,7,12-15,17H2,1H3,(H2,39,55)(H,44,57)(H,45,56)(H,46,58)(H,47,51)(H4,40,41,42)/t18-,24+,25+,26+,27-,28-,30+,31+,32+,33-/m1/s1. The van der Waals surface area contributed by atoms with Crippen molar-refractivity contribution in [2.24, 2.45) is 22.2 Å². The van der Waals surface area contributed by atoms with Crippen molar-refractivity contribution in [3.05, 3.63) is 65.9 Å². The summed E-state index contributed by atoms with van der Waals surface area (Å²) in [7, 11) is 0. The molecule has 59 heavy (non-hydrogen) atoms. The lowest BCUT2D eigenvalue weighted by Crippen LogP contribution is -2.61. The summed E-state index contributed by atoms with van der Waals surface area (Å²) in [5, 5.41) is 71.2. The summed E-state index contributed by atoms with van der Waals surface area (Å²) in [6.45, 7) is 0.548. The number of H-pyrrole nitrogens is 1. The van der Waals surface area contributed by atoms with Gasteiger partial charge in [-0.05, 0) is 49.1 Å². The molecule has 0 radical (unpaired) electrons. The zero-order chi connectivity index (χ0) is 43.4. The molecular weight excluding hydrogens is 774 g/mol. The number of carbonyl (C=O) groups is 5. The van der Waals surface area contributed by atoms with E-state index in [1.165, 1.54) is 19.1 Å². The maximum absolute atomic E-state index is 14.2. The molecule has 2 heterocycles. The minimum atomic E-state index is -1.75. The van der Waals surface area contributed by atoms with Crippen molar-refractivity contribution in [1.29, 1.82) is 0 Å². The predicted molar refractivity (Wildman–Crippen MR) is 211 cm³/mol. The first-order valence-corrected chi connectivity index (χ1v) is 18.9. The fourth-order valence-electron chi connectivity index (χ4n) is 6.57. The Kier molecular flexibility index (Phi) is 16.5. The summed E-state index contributed by atoms with van der Waals surface area (Å²) >= 11 is 0. The maximum Gasteiger partial charge on any atom is 0.245 e. The van der Waals surface area contributed by atoms with Gasteiger partial charge in [-0.15, -0.1) is 0 Å². The van der Waals surface area contributed by atoms with Gasteiger partial charge in [-0.25, -0.2) is 0 Å². The van der Waals surface area contributed by atoms with Gasteiger partial charge in [0, 0.05) is 36.5 Å². The molecule has 1 aromatic heterocycles. The number of aliphatic imine (C=N–C) groups is 1. The second-order valence-electron chi connectivity index (χ2n) is 14.3. The van der Waals surface area contributed by atoms with E-state index in [0.717, 1.165) is 5.52 Å². The number of aliphatic hydroxyl groups excluding tert-OH is 5. The number of phenols is 1. The molecule has 1 aliphatic rings. The second-order valence-corrected chi connectivity index (χ2v) is 14.3. The fourth-order valence-corrected chi connectivity index (χ4v) is 6.57. The minimum Gasteiger partial charge on any atom is -0.508 e. The smallest absolute Gasteiger partial charge is 0.245 e. The average Bonchev–Trinajstić information content (AvgIpc) is 3.60. The SMILES string of the molecule is C[C@@H](O)[C@H](NC(=O)C[C@H]1O[C@H](CO)[C@H](O)[C@H](O)[C@H]1O)C(=O)N[C@@H](Cc1c[nH]c2ccccc12)C(=O)N[C@@H](CCCN=C(N)N)C(=O)N[C@@H](Cc1ccc(O)cc1)C(N)=O. The van der Waals surface area contributed by atoms with E-state index < -0.39 is 103 Å². The number of nitrogens with zero attached hydrogens (tertiary/aromatic N) is 1. The van der Waals surface area contributed by atoms with E-state index >= 15 is 0 Å². The lowest BCUT2D eigenvalue weighted by molar-refractivity contribution is -0.229. The number of phenolic OH excluding ortho intramolecular Hbond substituents is 1. The highest BCUT2D eigenvalue weighted by Gasteiger charge is 2.44. The summed E-state index contributed by atoms with van der Waals surface area (Å²) in [5.41, 5.74) is 18.4. The molecule has 1 saturated heterocycles. The van der Waals surface area contributed by atoms with Crippen LogP contribution in [0.1, 0.15) is 37.3 Å². The van der Waals surface area contributed by atoms with Crippen LogP contribution in [-0.4, -0.2) is 145 Å². The first kappa shape index (κ1) is 45.9. The molecule has 0 saturated carbocycles. The average molecular weight is 828 g/mol. The van der Waals surface area contributed by atoms with Crippen LogP contribution in [-0.2, 0) is 41.6 Å². The third-order valence-electron chi connectivity index (χ3n) is 9.81. The Hall–Kier alpha value is -5.84. The molecule has 3 aromatic rings. The lowest BCUT2D eigenvalue weighted by Gasteiger charge is -2.40. The number of aromatic nitrogens is 1. The first-order chi connectivity index (χ1) is 28.0. The molecule has 4 rings (SSSR count). The van der Waals surface area contributed by atoms with Gasteiger partial charge in [0.1, 0.15) is 54.3 Å². The van der Waals surface area contributed by atoms with Gasteiger partial charge >= 0.3 is 0 Å². The largest absolute Gasteiger partial charge is 0.508 e. The number of guanidine groups is 1. The predicted octanol–water partition coefficient (Wildman–Crippen LogP) is -4.25. The molecular formula is C38H53N9O12. The number of aromatic amines is 1. The molecule has 17 N–H and O–H groups in total. The summed E-state index contributed by atoms with van der Waals surface area (Å²) in [5.74, 6) is -4.70. The molecule has 1 fully saturated rings. The van der Waals surface area contributed by atoms with Crippen molar-refractivity contribution in [2.75, 3.05) is 13.2 Å². The highest BCUT2D eigenvalue weighted by Crippen LogP contribution is 2.24. The molecule has 5 amide bonds. The Morgan fingerprint density at radius 3 is 2.08 bits per heavy atom. The topological polar surface area (TPSA) is 370 Å². The molecule has 0 unspecified atom stereocenters. The molecule has 2 aromatic carbocycles. The van der Waals surface area contributed by atoms with Crippen LogP contribution in [0, 0.1) is 0 Å². The number of hydrogen-bond acceptors (Lipinski definition) is 13. The van der Waals surface area contributed by atoms with E-state index in [-0.39, 0.29) is 43.9 Å². The molecule has 0 aliphatic carbocycles. The van der Waals surface area contributed by atoms with Crippen LogP contribution in [0.2, 0.25) is 0 Å². The monoisotopic (exact) mass is 827 g/mol. The quantitative estimate of drug-likeness (QED) is 0.0292. The number of aliphatic hydroxyl groups is 5. The Morgan fingerprint density at radius 2 is 1.44 bits per heavy atom. The van der Waals surface area contributed by atoms with Gasteiger partial charge in [-0.1, -0.05) is 30.3 Å². The van der Waals surface area contributed by atoms with E-state index in [0.29, 0.717) is 16.5 Å². The van der Waals surface area contributed by atoms with Gasteiger partial charge in [0.15, 0.2) is 5.96 Å². The van der Waals surface area contributed by atoms with Crippen LogP contribution in [0.3, 0.4) is 0 Å². The number of aromatic hydroxyl groups is 1. The van der Waals surface area contributed by atoms with E-state index in [9.17, 15) is 54.6 Å². The van der Waals surface area contributed by atoms with Crippen LogP contribution >= 0.6 is 0 Å². The second kappa shape index (κ2) is 21.2. The lowest BCUT2D eigenvalue weighted by atomic mass is 9.93. The van der Waals surface area contributed by atoms with Crippen molar-refractivity contribution in [1.82, 2.24) is 26.3 Å². The number of fused-ring (bicyclic) bond motifs is 1. The minimum absolute atomic E-state index is 0.0125. The zero-order valence-corrected chi connectivity index (χ0v) is 32.2. The van der Waals surface area contributed by atoms with Gasteiger partial charge in [0.2, 0.25) is 29.5 Å². The number of nitrogens with two attached hydrogens (primary N) is 3. The van der Waals surface area contributed by atoms with Crippen molar-refractivity contribution in [3.63, 3.8) is 0 Å². The number of ether oxygens (including phenoxy) is 1. The zero-order valence-electron chi connectivity index (χ0n) is 32.2. The van der Waals surface area contributed by atoms with Crippen molar-refractivity contribution in [2.45, 2.75) is 99.8 Å². The Bertz CT molecular complexity index is 1940. The molecule has 10 atom stereocenters. The summed E-state index contributed by atoms with van der Waals surface area (Å²) in [6.07, 6.45) is -8.48. The van der Waals surface area contributed by atoms with Gasteiger partial charge < -0.3 is 78.8 Å². The van der Waals surface area contributed by atoms with E-state index in [4.69, 9.17) is 21.9 Å². The van der Waals surface area contributed by atoms with E-state index in [1.807, 2.05) is 0 Å². The highest BCUT2D eigenvalue weighted by molar-refractivity contribution is 5.96. The number of nitrogens with one attached hydrogen (secondary N) is 5. The summed E-state index contributed by atoms with van der Waals surface area (Å²) in [4.78, 5) is 74.4. The van der Waals surface area contributed by atoms with Gasteiger partial charge in [0.25, 0.3) is 0 Å². The molecule has 21 heteroatoms. The van der Waals surface area contributed by atoms with E-state index in [2.05, 4.69) is 31.2 Å². The van der Waals surface area contributed by atoms with Crippen LogP contribution in [0.25, 0.3) is 10.9 Å². The Labute approximate surface area is 338 Å².